The zero-order valence-corrected chi connectivity index (χ0v) is 14.1. The van der Waals surface area contributed by atoms with Crippen molar-refractivity contribution in [3.63, 3.8) is 0 Å². The number of nitrogens with zero attached hydrogens (tertiary/aromatic N) is 3. The summed E-state index contributed by atoms with van der Waals surface area (Å²) in [7, 11) is 0. The van der Waals surface area contributed by atoms with Crippen LogP contribution in [0.1, 0.15) is 5.56 Å². The Kier molecular flexibility index (Phi) is 3.33. The van der Waals surface area contributed by atoms with E-state index in [1.807, 2.05) is 54.6 Å². The van der Waals surface area contributed by atoms with Crippen molar-refractivity contribution in [1.29, 1.82) is 0 Å². The molecule has 2 aromatic heterocycles. The van der Waals surface area contributed by atoms with Gasteiger partial charge in [-0.1, -0.05) is 48.5 Å². The van der Waals surface area contributed by atoms with E-state index < -0.39 is 11.6 Å². The molecule has 0 amide bonds. The summed E-state index contributed by atoms with van der Waals surface area (Å²) in [6, 6.07) is 19.1. The van der Waals surface area contributed by atoms with Crippen LogP contribution in [0.2, 0.25) is 0 Å². The summed E-state index contributed by atoms with van der Waals surface area (Å²) >= 11 is 0. The van der Waals surface area contributed by atoms with E-state index in [4.69, 9.17) is 0 Å². The highest BCUT2D eigenvalue weighted by Gasteiger charge is 2.17. The van der Waals surface area contributed by atoms with Gasteiger partial charge in [-0.2, -0.15) is 9.61 Å². The van der Waals surface area contributed by atoms with Crippen molar-refractivity contribution in [3.8, 4) is 0 Å². The summed E-state index contributed by atoms with van der Waals surface area (Å²) in [5.41, 5.74) is 2.05. The Morgan fingerprint density at radius 1 is 0.852 bits per heavy atom. The molecule has 0 atom stereocenters. The van der Waals surface area contributed by atoms with E-state index >= 15 is 0 Å². The third kappa shape index (κ3) is 2.33. The number of benzene rings is 3. The summed E-state index contributed by atoms with van der Waals surface area (Å²) in [4.78, 5) is 13.2. The second-order valence-electron chi connectivity index (χ2n) is 6.42. The third-order valence-electron chi connectivity index (χ3n) is 4.76. The minimum absolute atomic E-state index is 0.244. The molecule has 0 saturated carbocycles. The predicted octanol–water partition coefficient (Wildman–Crippen LogP) is 4.13. The maximum atomic E-state index is 13.8. The van der Waals surface area contributed by atoms with Crippen LogP contribution in [-0.2, 0) is 6.54 Å². The minimum atomic E-state index is -0.986. The molecule has 0 saturated heterocycles. The number of aromatic nitrogens is 3. The van der Waals surface area contributed by atoms with Gasteiger partial charge in [0.15, 0.2) is 11.6 Å². The lowest BCUT2D eigenvalue weighted by Crippen LogP contribution is -2.28. The molecule has 2 heterocycles. The van der Waals surface area contributed by atoms with Gasteiger partial charge in [-0.05, 0) is 17.7 Å². The van der Waals surface area contributed by atoms with Crippen LogP contribution >= 0.6 is 0 Å². The molecule has 3 aromatic carbocycles. The Morgan fingerprint density at radius 2 is 1.56 bits per heavy atom. The zero-order valence-electron chi connectivity index (χ0n) is 14.1. The molecule has 0 unspecified atom stereocenters. The lowest BCUT2D eigenvalue weighted by Gasteiger charge is -2.12. The quantitative estimate of drug-likeness (QED) is 0.474. The molecule has 5 rings (SSSR count). The topological polar surface area (TPSA) is 39.3 Å². The van der Waals surface area contributed by atoms with E-state index in [1.54, 1.807) is 4.57 Å². The highest BCUT2D eigenvalue weighted by molar-refractivity contribution is 6.08. The second-order valence-corrected chi connectivity index (χ2v) is 6.42. The maximum absolute atomic E-state index is 13.8. The van der Waals surface area contributed by atoms with Crippen LogP contribution in [0.4, 0.5) is 8.78 Å². The lowest BCUT2D eigenvalue weighted by atomic mass is 10.1. The van der Waals surface area contributed by atoms with Crippen LogP contribution in [0.3, 0.4) is 0 Å². The fourth-order valence-corrected chi connectivity index (χ4v) is 3.52. The van der Waals surface area contributed by atoms with Crippen LogP contribution < -0.4 is 5.69 Å². The van der Waals surface area contributed by atoms with Crippen LogP contribution in [0.5, 0.6) is 0 Å². The van der Waals surface area contributed by atoms with E-state index in [0.29, 0.717) is 23.0 Å². The van der Waals surface area contributed by atoms with E-state index in [0.717, 1.165) is 23.1 Å². The molecule has 132 valence electrons. The largest absolute Gasteiger partial charge is 0.350 e. The van der Waals surface area contributed by atoms with Crippen molar-refractivity contribution >= 4 is 27.3 Å². The Bertz CT molecular complexity index is 1390. The first-order valence-electron chi connectivity index (χ1n) is 8.46. The molecule has 0 aliphatic heterocycles. The van der Waals surface area contributed by atoms with Gasteiger partial charge >= 0.3 is 5.69 Å². The van der Waals surface area contributed by atoms with Crippen molar-refractivity contribution in [3.05, 3.63) is 94.4 Å². The van der Waals surface area contributed by atoms with Gasteiger partial charge in [0, 0.05) is 16.8 Å². The fraction of sp³-hybridized carbons (Fsp3) is 0.0476. The van der Waals surface area contributed by atoms with Crippen molar-refractivity contribution in [2.24, 2.45) is 0 Å². The number of fused-ring (bicyclic) bond motifs is 5. The summed E-state index contributed by atoms with van der Waals surface area (Å²) in [5, 5.41) is 5.41. The van der Waals surface area contributed by atoms with Crippen LogP contribution in [0.25, 0.3) is 27.3 Å². The van der Waals surface area contributed by atoms with E-state index in [2.05, 4.69) is 5.10 Å². The molecule has 0 spiro atoms. The van der Waals surface area contributed by atoms with Crippen LogP contribution in [0, 0.1) is 11.6 Å². The molecule has 4 nitrogen and oxygen atoms in total. The number of para-hydroxylation sites is 1. The first-order chi connectivity index (χ1) is 13.1. The van der Waals surface area contributed by atoms with Gasteiger partial charge in [0.1, 0.15) is 0 Å². The first-order valence-corrected chi connectivity index (χ1v) is 8.46. The van der Waals surface area contributed by atoms with Gasteiger partial charge in [0.25, 0.3) is 0 Å². The Morgan fingerprint density at radius 3 is 2.37 bits per heavy atom. The normalized spacial score (nSPS) is 11.6. The zero-order chi connectivity index (χ0) is 18.5. The minimum Gasteiger partial charge on any atom is -0.287 e. The van der Waals surface area contributed by atoms with Crippen molar-refractivity contribution < 1.29 is 8.78 Å². The number of hydrogen-bond donors (Lipinski definition) is 0. The summed E-state index contributed by atoms with van der Waals surface area (Å²) < 4.78 is 30.3. The van der Waals surface area contributed by atoms with Gasteiger partial charge in [0.2, 0.25) is 0 Å². The van der Waals surface area contributed by atoms with E-state index in [1.165, 1.54) is 4.52 Å². The predicted molar refractivity (Wildman–Crippen MR) is 99.9 cm³/mol. The van der Waals surface area contributed by atoms with Gasteiger partial charge in [-0.25, -0.2) is 13.6 Å². The molecule has 0 bridgehead atoms. The molecular formula is C21H13F2N3O. The van der Waals surface area contributed by atoms with E-state index in [9.17, 15) is 13.6 Å². The Labute approximate surface area is 151 Å². The van der Waals surface area contributed by atoms with Crippen LogP contribution in [-0.4, -0.2) is 14.2 Å². The fourth-order valence-electron chi connectivity index (χ4n) is 3.52. The summed E-state index contributed by atoms with van der Waals surface area (Å²) in [6.45, 7) is 0.370. The van der Waals surface area contributed by atoms with Crippen LogP contribution in [0.15, 0.2) is 71.5 Å². The third-order valence-corrected chi connectivity index (χ3v) is 4.76. The first kappa shape index (κ1) is 15.7. The number of halogens is 2. The lowest BCUT2D eigenvalue weighted by molar-refractivity contribution is 0.511. The van der Waals surface area contributed by atoms with Crippen molar-refractivity contribution in [2.45, 2.75) is 6.54 Å². The smallest absolute Gasteiger partial charge is 0.287 e. The number of rotatable bonds is 2. The van der Waals surface area contributed by atoms with Gasteiger partial charge in [0.05, 0.1) is 23.1 Å². The molecule has 0 radical (unpaired) electrons. The highest BCUT2D eigenvalue weighted by Crippen LogP contribution is 2.27. The molecule has 5 aromatic rings. The summed E-state index contributed by atoms with van der Waals surface area (Å²) in [6.07, 6.45) is 0. The molecular weight excluding hydrogens is 348 g/mol. The average Bonchev–Trinajstić information content (AvgIpc) is 3.05. The van der Waals surface area contributed by atoms with Crippen molar-refractivity contribution in [1.82, 2.24) is 14.2 Å². The van der Waals surface area contributed by atoms with Gasteiger partial charge < -0.3 is 0 Å². The second kappa shape index (κ2) is 5.74. The monoisotopic (exact) mass is 361 g/mol. The molecule has 0 aliphatic rings. The Hall–Kier alpha value is -3.54. The molecule has 27 heavy (non-hydrogen) atoms. The van der Waals surface area contributed by atoms with Gasteiger partial charge in [-0.15, -0.1) is 0 Å². The van der Waals surface area contributed by atoms with E-state index in [-0.39, 0.29) is 11.2 Å². The van der Waals surface area contributed by atoms with Crippen molar-refractivity contribution in [2.75, 3.05) is 0 Å². The van der Waals surface area contributed by atoms with Gasteiger partial charge in [-0.3, -0.25) is 4.57 Å². The molecule has 0 aliphatic carbocycles. The number of hydrogen-bond acceptors (Lipinski definition) is 2. The molecule has 0 N–H and O–H groups in total. The molecule has 6 heteroatoms. The standard InChI is InChI=1S/C21H13F2N3O/c22-16-10-15-18(11-17(16)23)24-26-20(15)14-8-4-5-9-19(14)25(21(26)27)12-13-6-2-1-3-7-13/h1-11H,12H2. The Balaban J connectivity index is 1.92. The molecule has 0 fully saturated rings. The SMILES string of the molecule is O=c1n(Cc2ccccc2)c2ccccc2c2c3cc(F)c(F)cc3nn12. The average molecular weight is 361 g/mol. The summed E-state index contributed by atoms with van der Waals surface area (Å²) in [5.74, 6) is -1.95. The highest BCUT2D eigenvalue weighted by atomic mass is 19.2. The maximum Gasteiger partial charge on any atom is 0.350 e.